The minimum Gasteiger partial charge on any atom is -0.381 e. The van der Waals surface area contributed by atoms with Crippen LogP contribution in [0.2, 0.25) is 0 Å². The van der Waals surface area contributed by atoms with Gasteiger partial charge in [-0.15, -0.1) is 0 Å². The second-order valence-electron chi connectivity index (χ2n) is 6.50. The third-order valence-electron chi connectivity index (χ3n) is 5.06. The lowest BCUT2D eigenvalue weighted by Gasteiger charge is -2.41. The Kier molecular flexibility index (Phi) is 7.11. The molecule has 0 aliphatic carbocycles. The van der Waals surface area contributed by atoms with Gasteiger partial charge in [-0.1, -0.05) is 13.8 Å². The second kappa shape index (κ2) is 8.85. The van der Waals surface area contributed by atoms with Crippen molar-refractivity contribution in [3.8, 4) is 0 Å². The first kappa shape index (κ1) is 18.5. The van der Waals surface area contributed by atoms with Gasteiger partial charge in [-0.3, -0.25) is 4.99 Å². The fraction of sp³-hybridized carbons (Fsp3) is 0.941. The molecule has 6 nitrogen and oxygen atoms in total. The Hall–Kier alpha value is -0.850. The Morgan fingerprint density at radius 1 is 1.22 bits per heavy atom. The van der Waals surface area contributed by atoms with Gasteiger partial charge in [0.2, 0.25) is 0 Å². The van der Waals surface area contributed by atoms with Gasteiger partial charge >= 0.3 is 0 Å². The number of hydrogen-bond donors (Lipinski definition) is 1. The van der Waals surface area contributed by atoms with Crippen LogP contribution >= 0.6 is 0 Å². The van der Waals surface area contributed by atoms with Crippen molar-refractivity contribution in [1.82, 2.24) is 10.2 Å². The molecule has 2 rings (SSSR count). The highest BCUT2D eigenvalue weighted by atomic mass is 16.5. The smallest absolute Gasteiger partial charge is 0.193 e. The number of nitrogens with one attached hydrogen (secondary N) is 1. The van der Waals surface area contributed by atoms with Crippen molar-refractivity contribution in [2.45, 2.75) is 57.3 Å². The molecule has 0 radical (unpaired) electrons. The van der Waals surface area contributed by atoms with Crippen molar-refractivity contribution >= 4 is 5.96 Å². The van der Waals surface area contributed by atoms with Gasteiger partial charge in [0.15, 0.2) is 5.96 Å². The molecule has 0 bridgehead atoms. The van der Waals surface area contributed by atoms with Crippen LogP contribution in [-0.4, -0.2) is 75.7 Å². The van der Waals surface area contributed by atoms with Crippen LogP contribution in [0.4, 0.5) is 0 Å². The quantitative estimate of drug-likeness (QED) is 0.615. The molecule has 2 aliphatic rings. The molecule has 0 aromatic carbocycles. The van der Waals surface area contributed by atoms with Crippen LogP contribution in [0.15, 0.2) is 4.99 Å². The maximum Gasteiger partial charge on any atom is 0.193 e. The van der Waals surface area contributed by atoms with Crippen LogP contribution in [0.3, 0.4) is 0 Å². The van der Waals surface area contributed by atoms with Crippen molar-refractivity contribution in [1.29, 1.82) is 0 Å². The Labute approximate surface area is 140 Å². The van der Waals surface area contributed by atoms with E-state index in [1.807, 2.05) is 7.05 Å². The topological polar surface area (TPSA) is 55.3 Å². The summed E-state index contributed by atoms with van der Waals surface area (Å²) in [6, 6.07) is 0. The number of nitrogens with zero attached hydrogens (tertiary/aromatic N) is 2. The summed E-state index contributed by atoms with van der Waals surface area (Å²) in [7, 11) is 3.65. The summed E-state index contributed by atoms with van der Waals surface area (Å²) in [5.74, 6) is 0.952. The zero-order valence-corrected chi connectivity index (χ0v) is 15.1. The second-order valence-corrected chi connectivity index (χ2v) is 6.50. The molecular weight excluding hydrogens is 294 g/mol. The van der Waals surface area contributed by atoms with Gasteiger partial charge in [0.1, 0.15) is 0 Å². The monoisotopic (exact) mass is 327 g/mol. The molecule has 6 heteroatoms. The predicted octanol–water partition coefficient (Wildman–Crippen LogP) is 1.65. The molecule has 2 aliphatic heterocycles. The first-order chi connectivity index (χ1) is 11.2. The van der Waals surface area contributed by atoms with Crippen LogP contribution < -0.4 is 5.32 Å². The van der Waals surface area contributed by atoms with E-state index in [1.165, 1.54) is 0 Å². The lowest BCUT2D eigenvalue weighted by atomic mass is 9.94. The first-order valence-electron chi connectivity index (χ1n) is 8.90. The minimum absolute atomic E-state index is 0.144. The van der Waals surface area contributed by atoms with E-state index >= 15 is 0 Å². The van der Waals surface area contributed by atoms with Gasteiger partial charge in [-0.05, 0) is 12.8 Å². The average molecular weight is 327 g/mol. The Morgan fingerprint density at radius 3 is 2.30 bits per heavy atom. The van der Waals surface area contributed by atoms with E-state index in [0.717, 1.165) is 64.5 Å². The summed E-state index contributed by atoms with van der Waals surface area (Å²) in [4.78, 5) is 6.82. The number of guanidine groups is 1. The highest BCUT2D eigenvalue weighted by molar-refractivity contribution is 5.80. The molecule has 134 valence electrons. The van der Waals surface area contributed by atoms with Crippen LogP contribution in [0, 0.1) is 0 Å². The summed E-state index contributed by atoms with van der Waals surface area (Å²) in [6.45, 7) is 8.46. The average Bonchev–Trinajstić information content (AvgIpc) is 2.62. The zero-order valence-electron chi connectivity index (χ0n) is 15.1. The van der Waals surface area contributed by atoms with Crippen LogP contribution in [0.1, 0.15) is 39.5 Å². The summed E-state index contributed by atoms with van der Waals surface area (Å²) in [5, 5.41) is 3.53. The van der Waals surface area contributed by atoms with Crippen molar-refractivity contribution in [2.24, 2.45) is 4.99 Å². The van der Waals surface area contributed by atoms with Gasteiger partial charge in [0.25, 0.3) is 0 Å². The summed E-state index contributed by atoms with van der Waals surface area (Å²) < 4.78 is 17.4. The highest BCUT2D eigenvalue weighted by Crippen LogP contribution is 2.24. The van der Waals surface area contributed by atoms with Crippen molar-refractivity contribution < 1.29 is 14.2 Å². The van der Waals surface area contributed by atoms with E-state index in [-0.39, 0.29) is 17.8 Å². The van der Waals surface area contributed by atoms with Gasteiger partial charge in [0.05, 0.1) is 17.8 Å². The third kappa shape index (κ3) is 4.81. The van der Waals surface area contributed by atoms with Crippen molar-refractivity contribution in [2.75, 3.05) is 47.0 Å². The molecule has 2 atom stereocenters. The molecule has 23 heavy (non-hydrogen) atoms. The molecule has 2 saturated heterocycles. The number of morpholine rings is 1. The number of ether oxygens (including phenoxy) is 3. The number of methoxy groups -OCH3 is 1. The lowest BCUT2D eigenvalue weighted by Crippen LogP contribution is -2.56. The number of aliphatic imine (C=N–C) groups is 1. The summed E-state index contributed by atoms with van der Waals surface area (Å²) in [6.07, 6.45) is 4.47. The Bertz CT molecular complexity index is 371. The molecule has 0 amide bonds. The molecule has 2 unspecified atom stereocenters. The first-order valence-corrected chi connectivity index (χ1v) is 8.90. The summed E-state index contributed by atoms with van der Waals surface area (Å²) >= 11 is 0. The Morgan fingerprint density at radius 2 is 1.83 bits per heavy atom. The molecule has 1 N–H and O–H groups in total. The van der Waals surface area contributed by atoms with Crippen LogP contribution in [-0.2, 0) is 14.2 Å². The molecule has 2 fully saturated rings. The fourth-order valence-corrected chi connectivity index (χ4v) is 3.32. The third-order valence-corrected chi connectivity index (χ3v) is 5.06. The minimum atomic E-state index is -0.144. The normalized spacial score (nSPS) is 28.7. The van der Waals surface area contributed by atoms with E-state index < -0.39 is 0 Å². The van der Waals surface area contributed by atoms with E-state index in [2.05, 4.69) is 29.1 Å². The van der Waals surface area contributed by atoms with Crippen molar-refractivity contribution in [3.63, 3.8) is 0 Å². The fourth-order valence-electron chi connectivity index (χ4n) is 3.32. The van der Waals surface area contributed by atoms with Gasteiger partial charge in [0, 0.05) is 59.8 Å². The van der Waals surface area contributed by atoms with Gasteiger partial charge in [-0.25, -0.2) is 0 Å². The van der Waals surface area contributed by atoms with E-state index in [0.29, 0.717) is 0 Å². The number of hydrogen-bond acceptors (Lipinski definition) is 4. The Balaban J connectivity index is 1.96. The maximum absolute atomic E-state index is 6.08. The van der Waals surface area contributed by atoms with Crippen molar-refractivity contribution in [3.05, 3.63) is 0 Å². The molecule has 0 aromatic heterocycles. The van der Waals surface area contributed by atoms with Gasteiger partial charge < -0.3 is 24.4 Å². The molecular formula is C17H33N3O3. The van der Waals surface area contributed by atoms with E-state index in [9.17, 15) is 0 Å². The largest absolute Gasteiger partial charge is 0.381 e. The molecule has 2 heterocycles. The standard InChI is InChI=1S/C17H33N3O3/c1-5-14-11-20(12-15(6-2)23-14)16(18-3)19-13-17(21-4)7-9-22-10-8-17/h14-15H,5-13H2,1-4H3,(H,18,19). The SMILES string of the molecule is CCC1CN(C(=NC)NCC2(OC)CCOCC2)CC(CC)O1. The van der Waals surface area contributed by atoms with E-state index in [4.69, 9.17) is 14.2 Å². The summed E-state index contributed by atoms with van der Waals surface area (Å²) in [5.41, 5.74) is -0.144. The maximum atomic E-state index is 6.08. The number of rotatable bonds is 5. The predicted molar refractivity (Wildman–Crippen MR) is 92.0 cm³/mol. The molecule has 0 saturated carbocycles. The van der Waals surface area contributed by atoms with Crippen LogP contribution in [0.25, 0.3) is 0 Å². The highest BCUT2D eigenvalue weighted by Gasteiger charge is 2.34. The van der Waals surface area contributed by atoms with Gasteiger partial charge in [-0.2, -0.15) is 0 Å². The van der Waals surface area contributed by atoms with E-state index in [1.54, 1.807) is 7.11 Å². The van der Waals surface area contributed by atoms with Crippen LogP contribution in [0.5, 0.6) is 0 Å². The molecule has 0 spiro atoms. The zero-order chi connectivity index (χ0) is 16.7. The lowest BCUT2D eigenvalue weighted by molar-refractivity contribution is -0.0871. The molecule has 0 aromatic rings.